The van der Waals surface area contributed by atoms with Crippen molar-refractivity contribution < 1.29 is 36.9 Å². The zero-order valence-corrected chi connectivity index (χ0v) is 26.3. The standard InChI is InChI=1S/C33H42F3N3O5S/c1-3-10-25-19-26(20-29(31(25)44-2)39-15-7-8-16-45(39,42)43)32(41)38-28(18-23-11-5-4-6-12-23)30(40)22-37-21-24-13-9-14-27(17-24)33(34,35)36/h4-6,9,11-14,17,19-20,28,30,37,40,42-43H,3,7-8,10,15-16,18,21-22H2,1-2H3,(H,38,41). The molecule has 1 aliphatic rings. The van der Waals surface area contributed by atoms with E-state index in [4.69, 9.17) is 4.74 Å². The van der Waals surface area contributed by atoms with Gasteiger partial charge in [0.15, 0.2) is 0 Å². The van der Waals surface area contributed by atoms with E-state index in [1.165, 1.54) is 13.2 Å². The van der Waals surface area contributed by atoms with Crippen molar-refractivity contribution in [3.63, 3.8) is 0 Å². The number of aliphatic hydroxyl groups excluding tert-OH is 1. The largest absolute Gasteiger partial charge is 0.494 e. The van der Waals surface area contributed by atoms with Crippen LogP contribution in [0.4, 0.5) is 18.9 Å². The zero-order valence-electron chi connectivity index (χ0n) is 25.5. The summed E-state index contributed by atoms with van der Waals surface area (Å²) in [7, 11) is -1.57. The van der Waals surface area contributed by atoms with Crippen molar-refractivity contribution in [3.05, 3.63) is 94.5 Å². The van der Waals surface area contributed by atoms with Gasteiger partial charge >= 0.3 is 6.18 Å². The number of methoxy groups -OCH3 is 1. The average Bonchev–Trinajstić information content (AvgIpc) is 3.00. The summed E-state index contributed by atoms with van der Waals surface area (Å²) < 4.78 is 68.4. The fourth-order valence-electron chi connectivity index (χ4n) is 5.53. The summed E-state index contributed by atoms with van der Waals surface area (Å²) in [5, 5.41) is 17.2. The number of rotatable bonds is 13. The molecule has 3 aromatic carbocycles. The van der Waals surface area contributed by atoms with Gasteiger partial charge in [0.05, 0.1) is 36.3 Å². The van der Waals surface area contributed by atoms with Gasteiger partial charge in [-0.1, -0.05) is 61.9 Å². The second-order valence-electron chi connectivity index (χ2n) is 11.2. The topological polar surface area (TPSA) is 114 Å². The molecule has 3 aromatic rings. The highest BCUT2D eigenvalue weighted by Crippen LogP contribution is 2.52. The van der Waals surface area contributed by atoms with Crippen LogP contribution in [0.15, 0.2) is 66.7 Å². The first-order valence-corrected chi connectivity index (χ1v) is 16.7. The van der Waals surface area contributed by atoms with Crippen LogP contribution in [0.1, 0.15) is 58.8 Å². The summed E-state index contributed by atoms with van der Waals surface area (Å²) in [6.45, 7) is 2.51. The van der Waals surface area contributed by atoms with Gasteiger partial charge < -0.3 is 20.5 Å². The van der Waals surface area contributed by atoms with Crippen LogP contribution in [0.3, 0.4) is 0 Å². The summed E-state index contributed by atoms with van der Waals surface area (Å²) in [5.41, 5.74) is 2.03. The van der Waals surface area contributed by atoms with Gasteiger partial charge in [0, 0.05) is 25.2 Å². The molecule has 4 rings (SSSR count). The fraction of sp³-hybridized carbons (Fsp3) is 0.424. The highest BCUT2D eigenvalue weighted by Gasteiger charge is 2.32. The molecule has 2 atom stereocenters. The van der Waals surface area contributed by atoms with Crippen molar-refractivity contribution in [1.82, 2.24) is 10.6 Å². The Bertz CT molecular complexity index is 1420. The molecule has 45 heavy (non-hydrogen) atoms. The molecule has 0 aromatic heterocycles. The van der Waals surface area contributed by atoms with Crippen molar-refractivity contribution in [3.8, 4) is 5.75 Å². The number of benzene rings is 3. The molecule has 0 aliphatic carbocycles. The Morgan fingerprint density at radius 3 is 2.44 bits per heavy atom. The number of alkyl halides is 3. The van der Waals surface area contributed by atoms with Crippen LogP contribution in [0, 0.1) is 0 Å². The van der Waals surface area contributed by atoms with E-state index in [1.54, 1.807) is 22.5 Å². The smallest absolute Gasteiger partial charge is 0.416 e. The van der Waals surface area contributed by atoms with Gasteiger partial charge in [-0.05, 0) is 60.6 Å². The molecule has 1 aliphatic heterocycles. The lowest BCUT2D eigenvalue weighted by Gasteiger charge is -2.48. The lowest BCUT2D eigenvalue weighted by molar-refractivity contribution is -0.137. The minimum atomic E-state index is -4.45. The van der Waals surface area contributed by atoms with Crippen molar-refractivity contribution in [1.29, 1.82) is 0 Å². The molecule has 5 N–H and O–H groups in total. The summed E-state index contributed by atoms with van der Waals surface area (Å²) in [5.74, 6) is 0.270. The summed E-state index contributed by atoms with van der Waals surface area (Å²) in [4.78, 5) is 13.8. The predicted octanol–water partition coefficient (Wildman–Crippen LogP) is 6.42. The monoisotopic (exact) mass is 649 g/mol. The van der Waals surface area contributed by atoms with Crippen molar-refractivity contribution >= 4 is 22.4 Å². The fourth-order valence-corrected chi connectivity index (χ4v) is 7.22. The van der Waals surface area contributed by atoms with Crippen LogP contribution in [-0.2, 0) is 25.6 Å². The highest BCUT2D eigenvalue weighted by molar-refractivity contribution is 8.25. The third-order valence-electron chi connectivity index (χ3n) is 7.80. The number of ether oxygens (including phenoxy) is 1. The molecule has 0 bridgehead atoms. The molecule has 246 valence electrons. The maximum Gasteiger partial charge on any atom is 0.416 e. The Morgan fingerprint density at radius 1 is 1.04 bits per heavy atom. The second-order valence-corrected chi connectivity index (χ2v) is 13.4. The number of amides is 1. The lowest BCUT2D eigenvalue weighted by Crippen LogP contribution is -2.48. The molecule has 2 unspecified atom stereocenters. The van der Waals surface area contributed by atoms with E-state index in [2.05, 4.69) is 10.6 Å². The predicted molar refractivity (Wildman–Crippen MR) is 172 cm³/mol. The Kier molecular flexibility index (Phi) is 11.8. The van der Waals surface area contributed by atoms with Crippen LogP contribution >= 0.6 is 10.8 Å². The third kappa shape index (κ3) is 9.14. The van der Waals surface area contributed by atoms with Crippen LogP contribution < -0.4 is 19.7 Å². The summed E-state index contributed by atoms with van der Waals surface area (Å²) in [6.07, 6.45) is -2.42. The molecule has 8 nitrogen and oxygen atoms in total. The molecular weight excluding hydrogens is 607 g/mol. The Labute approximate surface area is 264 Å². The second kappa shape index (κ2) is 15.3. The molecule has 1 fully saturated rings. The number of carbonyl (C=O) groups excluding carboxylic acids is 1. The molecule has 0 saturated carbocycles. The molecule has 1 amide bonds. The van der Waals surface area contributed by atoms with Crippen LogP contribution in [-0.4, -0.2) is 58.2 Å². The SMILES string of the molecule is CCCc1cc(C(=O)NC(Cc2ccccc2)C(O)CNCc2cccc(C(F)(F)F)c2)cc(N2CCCCS2(O)O)c1OC. The molecule has 1 heterocycles. The number of anilines is 1. The number of aliphatic hydroxyl groups is 1. The molecule has 12 heteroatoms. The minimum absolute atomic E-state index is 0.0116. The zero-order chi connectivity index (χ0) is 32.6. The maximum absolute atomic E-state index is 13.8. The Hall–Kier alpha value is -3.29. The van der Waals surface area contributed by atoms with Crippen molar-refractivity contribution in [2.75, 3.05) is 30.3 Å². The first-order valence-electron chi connectivity index (χ1n) is 15.1. The van der Waals surface area contributed by atoms with Gasteiger partial charge in [-0.25, -0.2) is 0 Å². The third-order valence-corrected chi connectivity index (χ3v) is 9.72. The number of hydrogen-bond acceptors (Lipinski definition) is 7. The van der Waals surface area contributed by atoms with Gasteiger partial charge in [0.2, 0.25) is 0 Å². The van der Waals surface area contributed by atoms with E-state index >= 15 is 0 Å². The van der Waals surface area contributed by atoms with Crippen molar-refractivity contribution in [2.45, 2.75) is 63.9 Å². The molecule has 0 spiro atoms. The first-order chi connectivity index (χ1) is 21.4. The van der Waals surface area contributed by atoms with E-state index in [-0.39, 0.29) is 24.4 Å². The average molecular weight is 650 g/mol. The van der Waals surface area contributed by atoms with Gasteiger partial charge in [-0.3, -0.25) is 18.2 Å². The normalized spacial score (nSPS) is 16.9. The number of carbonyl (C=O) groups is 1. The molecule has 1 saturated heterocycles. The molecule has 0 radical (unpaired) electrons. The number of hydrogen-bond donors (Lipinski definition) is 5. The van der Waals surface area contributed by atoms with E-state index in [0.717, 1.165) is 36.1 Å². The minimum Gasteiger partial charge on any atom is -0.494 e. The van der Waals surface area contributed by atoms with Crippen LogP contribution in [0.2, 0.25) is 0 Å². The van der Waals surface area contributed by atoms with Crippen molar-refractivity contribution in [2.24, 2.45) is 0 Å². The number of nitrogens with one attached hydrogen (secondary N) is 2. The van der Waals surface area contributed by atoms with E-state index in [1.807, 2.05) is 37.3 Å². The van der Waals surface area contributed by atoms with E-state index in [0.29, 0.717) is 42.8 Å². The van der Waals surface area contributed by atoms with Gasteiger partial charge in [0.25, 0.3) is 5.91 Å². The first kappa shape index (κ1) is 34.6. The highest BCUT2D eigenvalue weighted by atomic mass is 32.3. The Balaban J connectivity index is 1.57. The van der Waals surface area contributed by atoms with E-state index in [9.17, 15) is 32.2 Å². The summed E-state index contributed by atoms with van der Waals surface area (Å²) >= 11 is 0. The van der Waals surface area contributed by atoms with Gasteiger partial charge in [0.1, 0.15) is 5.75 Å². The van der Waals surface area contributed by atoms with Crippen LogP contribution in [0.5, 0.6) is 5.75 Å². The Morgan fingerprint density at radius 2 is 1.78 bits per heavy atom. The van der Waals surface area contributed by atoms with Gasteiger partial charge in [-0.2, -0.15) is 13.2 Å². The quantitative estimate of drug-likeness (QED) is 0.145. The number of aryl methyl sites for hydroxylation is 1. The lowest BCUT2D eigenvalue weighted by atomic mass is 9.99. The maximum atomic E-state index is 13.8. The molecular formula is C33H42F3N3O5S. The van der Waals surface area contributed by atoms with E-state index < -0.39 is 40.6 Å². The summed E-state index contributed by atoms with van der Waals surface area (Å²) in [6, 6.07) is 16.9. The number of halogens is 3. The van der Waals surface area contributed by atoms with Crippen LogP contribution in [0.25, 0.3) is 0 Å². The van der Waals surface area contributed by atoms with Gasteiger partial charge in [-0.15, -0.1) is 10.8 Å². The number of nitrogens with zero attached hydrogens (tertiary/aromatic N) is 1.